The van der Waals surface area contributed by atoms with E-state index in [9.17, 15) is 0 Å². The molecule has 1 radical (unpaired) electrons. The quantitative estimate of drug-likeness (QED) is 0.537. The molecule has 0 saturated carbocycles. The number of nitrogens with zero attached hydrogens (tertiary/aromatic N) is 1. The molecule has 1 aliphatic heterocycles. The molecule has 1 aliphatic rings. The molecule has 0 bridgehead atoms. The maximum absolute atomic E-state index is 4.39. The van der Waals surface area contributed by atoms with Crippen LogP contribution in [-0.2, 0) is 19.5 Å². The third kappa shape index (κ3) is 5.05. The van der Waals surface area contributed by atoms with Crippen LogP contribution in [0.25, 0.3) is 0 Å². The molecule has 0 spiro atoms. The van der Waals surface area contributed by atoms with E-state index < -0.39 is 0 Å². The zero-order chi connectivity index (χ0) is 7.61. The number of rotatable bonds is 2. The van der Waals surface area contributed by atoms with Crippen LogP contribution in [0.5, 0.6) is 0 Å². The summed E-state index contributed by atoms with van der Waals surface area (Å²) in [5.41, 5.74) is 0.965. The standard InChI is InChI=1S/C9H12N.2CH3.Ru/c1-4-6-9(3)7-5-8(2)10-9;;;/h4-7H,1H2,2-3H3;2*1H3;/q3*-1;+3. The van der Waals surface area contributed by atoms with E-state index in [1.54, 1.807) is 6.08 Å². The predicted octanol–water partition coefficient (Wildman–Crippen LogP) is 3.06. The second-order valence-electron chi connectivity index (χ2n) is 2.71. The molecule has 2 heteroatoms. The molecule has 0 N–H and O–H groups in total. The Morgan fingerprint density at radius 3 is 2.38 bits per heavy atom. The van der Waals surface area contributed by atoms with Gasteiger partial charge in [0.25, 0.3) is 0 Å². The molecule has 1 nitrogen and oxygen atoms in total. The molecule has 0 aromatic rings. The van der Waals surface area contributed by atoms with Crippen LogP contribution in [0.2, 0.25) is 0 Å². The Kier molecular flexibility index (Phi) is 10.0. The summed E-state index contributed by atoms with van der Waals surface area (Å²) >= 11 is 0. The average Bonchev–Trinajstić information content (AvgIpc) is 2.12. The summed E-state index contributed by atoms with van der Waals surface area (Å²) in [4.78, 5) is 4.39. The van der Waals surface area contributed by atoms with Gasteiger partial charge in [-0.2, -0.15) is 0 Å². The number of hydrogen-bond acceptors (Lipinski definition) is 1. The van der Waals surface area contributed by atoms with Gasteiger partial charge in [-0.05, 0) is 19.9 Å². The van der Waals surface area contributed by atoms with E-state index in [-0.39, 0.29) is 39.9 Å². The van der Waals surface area contributed by atoms with Gasteiger partial charge in [-0.15, -0.1) is 0 Å². The molecular weight excluding hydrogens is 247 g/mol. The monoisotopic (exact) mass is 266 g/mol. The van der Waals surface area contributed by atoms with Gasteiger partial charge in [0.2, 0.25) is 0 Å². The Morgan fingerprint density at radius 2 is 2.08 bits per heavy atom. The fraction of sp³-hybridized carbons (Fsp3) is 0.273. The van der Waals surface area contributed by atoms with Gasteiger partial charge in [-0.3, -0.25) is 4.99 Å². The first-order valence-electron chi connectivity index (χ1n) is 3.39. The van der Waals surface area contributed by atoms with Crippen LogP contribution in [0.4, 0.5) is 0 Å². The van der Waals surface area contributed by atoms with Crippen LogP contribution in [0, 0.1) is 21.3 Å². The Labute approximate surface area is 95.8 Å². The molecule has 0 amide bonds. The number of allylic oxidation sites excluding steroid dienone is 1. The zero-order valence-electron chi connectivity index (χ0n) is 8.82. The fourth-order valence-corrected chi connectivity index (χ4v) is 1.08. The van der Waals surface area contributed by atoms with Gasteiger partial charge in [-0.25, -0.2) is 19.1 Å². The van der Waals surface area contributed by atoms with Crippen LogP contribution in [0.1, 0.15) is 13.8 Å². The second-order valence-corrected chi connectivity index (χ2v) is 2.71. The minimum absolute atomic E-state index is 0. The van der Waals surface area contributed by atoms with Gasteiger partial charge < -0.3 is 14.9 Å². The first-order chi connectivity index (χ1) is 4.66. The van der Waals surface area contributed by atoms with E-state index >= 15 is 0 Å². The van der Waals surface area contributed by atoms with E-state index in [4.69, 9.17) is 0 Å². The molecular formula is C11H18NRu. The van der Waals surface area contributed by atoms with Crippen molar-refractivity contribution in [2.24, 2.45) is 4.99 Å². The van der Waals surface area contributed by atoms with E-state index in [1.165, 1.54) is 0 Å². The van der Waals surface area contributed by atoms with Gasteiger partial charge in [0.15, 0.2) is 0 Å². The van der Waals surface area contributed by atoms with Crippen LogP contribution in [0.15, 0.2) is 29.8 Å². The molecule has 0 aromatic carbocycles. The molecule has 0 fully saturated rings. The average molecular weight is 265 g/mol. The summed E-state index contributed by atoms with van der Waals surface area (Å²) in [5, 5.41) is 0. The summed E-state index contributed by atoms with van der Waals surface area (Å²) in [7, 11) is 0. The van der Waals surface area contributed by atoms with Gasteiger partial charge in [0.1, 0.15) is 0 Å². The first-order valence-corrected chi connectivity index (χ1v) is 3.39. The van der Waals surface area contributed by atoms with Crippen LogP contribution in [-0.4, -0.2) is 11.3 Å². The van der Waals surface area contributed by atoms with Crippen LogP contribution in [0.3, 0.4) is 0 Å². The molecule has 0 saturated heterocycles. The predicted molar refractivity (Wildman–Crippen MR) is 58.0 cm³/mol. The van der Waals surface area contributed by atoms with E-state index in [1.807, 2.05) is 19.4 Å². The summed E-state index contributed by atoms with van der Waals surface area (Å²) in [6.07, 6.45) is 7.87. The number of aliphatic imine (C=N–C) groups is 1. The Hall–Kier alpha value is -0.357. The van der Waals surface area contributed by atoms with Crippen LogP contribution < -0.4 is 0 Å². The maximum Gasteiger partial charge on any atom is 3.00 e. The SMILES string of the molecule is C=C[CH-]C1(C)C=CC(C)=N1.[CH3-].[CH3-].[Ru+3]. The van der Waals surface area contributed by atoms with Crippen molar-refractivity contribution in [3.05, 3.63) is 46.1 Å². The Bertz CT molecular complexity index is 206. The number of hydrogen-bond donors (Lipinski definition) is 0. The summed E-state index contributed by atoms with van der Waals surface area (Å²) in [6.45, 7) is 7.69. The minimum Gasteiger partial charge on any atom is -0.358 e. The van der Waals surface area contributed by atoms with Gasteiger partial charge >= 0.3 is 19.5 Å². The molecule has 13 heavy (non-hydrogen) atoms. The molecule has 1 rings (SSSR count). The first kappa shape index (κ1) is 18.4. The molecule has 0 aliphatic carbocycles. The smallest absolute Gasteiger partial charge is 0.358 e. The second kappa shape index (κ2) is 7.09. The topological polar surface area (TPSA) is 12.4 Å². The maximum atomic E-state index is 4.39. The Morgan fingerprint density at radius 1 is 1.54 bits per heavy atom. The third-order valence-corrected chi connectivity index (χ3v) is 1.53. The van der Waals surface area contributed by atoms with E-state index in [2.05, 4.69) is 24.6 Å². The van der Waals surface area contributed by atoms with Crippen molar-refractivity contribution < 1.29 is 19.5 Å². The third-order valence-electron chi connectivity index (χ3n) is 1.53. The van der Waals surface area contributed by atoms with Crippen molar-refractivity contribution in [2.45, 2.75) is 19.4 Å². The van der Waals surface area contributed by atoms with Crippen molar-refractivity contribution >= 4 is 5.71 Å². The van der Waals surface area contributed by atoms with Crippen molar-refractivity contribution in [1.29, 1.82) is 0 Å². The normalized spacial score (nSPS) is 23.1. The van der Waals surface area contributed by atoms with Gasteiger partial charge in [0, 0.05) is 11.3 Å². The summed E-state index contributed by atoms with van der Waals surface area (Å²) < 4.78 is 0. The van der Waals surface area contributed by atoms with Crippen molar-refractivity contribution in [2.75, 3.05) is 0 Å². The summed E-state index contributed by atoms with van der Waals surface area (Å²) in [5.74, 6) is 0. The largest absolute Gasteiger partial charge is 3.00 e. The van der Waals surface area contributed by atoms with Crippen molar-refractivity contribution in [3.8, 4) is 0 Å². The molecule has 75 valence electrons. The van der Waals surface area contributed by atoms with Crippen LogP contribution >= 0.6 is 0 Å². The van der Waals surface area contributed by atoms with Crippen molar-refractivity contribution in [3.63, 3.8) is 0 Å². The molecule has 1 heterocycles. The van der Waals surface area contributed by atoms with Crippen molar-refractivity contribution in [1.82, 2.24) is 0 Å². The molecule has 1 atom stereocenters. The molecule has 0 aromatic heterocycles. The Balaban J connectivity index is -0.000000333. The van der Waals surface area contributed by atoms with Gasteiger partial charge in [-0.1, -0.05) is 6.08 Å². The molecule has 1 unspecified atom stereocenters. The zero-order valence-corrected chi connectivity index (χ0v) is 10.6. The van der Waals surface area contributed by atoms with E-state index in [0.717, 1.165) is 5.71 Å². The minimum atomic E-state index is -0.119. The van der Waals surface area contributed by atoms with E-state index in [0.29, 0.717) is 0 Å². The van der Waals surface area contributed by atoms with Gasteiger partial charge in [0.05, 0.1) is 0 Å². The fourth-order valence-electron chi connectivity index (χ4n) is 1.08. The summed E-state index contributed by atoms with van der Waals surface area (Å²) in [6, 6.07) is 0.